The molecule has 4 nitrogen and oxygen atoms in total. The van der Waals surface area contributed by atoms with Gasteiger partial charge in [0.1, 0.15) is 12.4 Å². The predicted molar refractivity (Wildman–Crippen MR) is 83.7 cm³/mol. The molecule has 2 aromatic rings. The molecule has 1 aliphatic rings. The zero-order valence-electron chi connectivity index (χ0n) is 12.2. The van der Waals surface area contributed by atoms with Gasteiger partial charge in [0, 0.05) is 11.4 Å². The maximum atomic E-state index is 11.2. The Morgan fingerprint density at radius 2 is 2.05 bits per heavy atom. The van der Waals surface area contributed by atoms with Crippen molar-refractivity contribution < 1.29 is 9.90 Å². The summed E-state index contributed by atoms with van der Waals surface area (Å²) < 4.78 is 0. The Balaban J connectivity index is 2.04. The summed E-state index contributed by atoms with van der Waals surface area (Å²) in [5, 5.41) is 10.3. The van der Waals surface area contributed by atoms with Crippen molar-refractivity contribution in [2.24, 2.45) is 0 Å². The number of para-hydroxylation sites is 1. The number of hydrogen-bond acceptors (Lipinski definition) is 3. The van der Waals surface area contributed by atoms with Gasteiger partial charge in [-0.05, 0) is 37.5 Å². The van der Waals surface area contributed by atoms with Crippen LogP contribution in [0.25, 0.3) is 10.9 Å². The highest BCUT2D eigenvalue weighted by Crippen LogP contribution is 2.30. The number of aryl methyl sites for hydroxylation is 1. The largest absolute Gasteiger partial charge is 0.480 e. The van der Waals surface area contributed by atoms with Gasteiger partial charge in [0.05, 0.1) is 5.52 Å². The zero-order valence-corrected chi connectivity index (χ0v) is 12.2. The van der Waals surface area contributed by atoms with Gasteiger partial charge in [-0.15, -0.1) is 0 Å². The maximum Gasteiger partial charge on any atom is 0.323 e. The lowest BCUT2D eigenvalue weighted by atomic mass is 10.1. The normalized spacial score (nSPS) is 15.5. The fraction of sp³-hybridized carbons (Fsp3) is 0.412. The third kappa shape index (κ3) is 2.84. The second-order valence-electron chi connectivity index (χ2n) is 5.78. The van der Waals surface area contributed by atoms with Crippen LogP contribution in [0.1, 0.15) is 31.2 Å². The summed E-state index contributed by atoms with van der Waals surface area (Å²) in [6, 6.07) is 10.4. The van der Waals surface area contributed by atoms with E-state index in [9.17, 15) is 9.90 Å². The summed E-state index contributed by atoms with van der Waals surface area (Å²) in [7, 11) is 0. The number of hydrogen-bond donors (Lipinski definition) is 1. The Labute approximate surface area is 124 Å². The molecule has 0 bridgehead atoms. The molecule has 110 valence electrons. The van der Waals surface area contributed by atoms with Gasteiger partial charge in [-0.3, -0.25) is 4.79 Å². The molecular weight excluding hydrogens is 264 g/mol. The van der Waals surface area contributed by atoms with Crippen LogP contribution in [0.3, 0.4) is 0 Å². The molecule has 0 spiro atoms. The number of aromatic nitrogens is 1. The van der Waals surface area contributed by atoms with Gasteiger partial charge in [-0.2, -0.15) is 0 Å². The highest BCUT2D eigenvalue weighted by molar-refractivity contribution is 5.83. The molecule has 0 radical (unpaired) electrons. The van der Waals surface area contributed by atoms with Crippen LogP contribution in [0, 0.1) is 6.92 Å². The molecule has 0 unspecified atom stereocenters. The number of carboxylic acid groups (broad SMARTS) is 1. The third-order valence-corrected chi connectivity index (χ3v) is 4.23. The molecule has 1 saturated carbocycles. The number of benzene rings is 1. The number of anilines is 1. The average Bonchev–Trinajstić information content (AvgIpc) is 2.98. The first kappa shape index (κ1) is 13.9. The molecule has 1 aromatic heterocycles. The Hall–Kier alpha value is -2.10. The van der Waals surface area contributed by atoms with Crippen LogP contribution in [0.15, 0.2) is 30.3 Å². The lowest BCUT2D eigenvalue weighted by Gasteiger charge is -2.30. The molecule has 21 heavy (non-hydrogen) atoms. The van der Waals surface area contributed by atoms with Crippen LogP contribution in [-0.2, 0) is 4.79 Å². The third-order valence-electron chi connectivity index (χ3n) is 4.23. The first-order valence-corrected chi connectivity index (χ1v) is 7.50. The van der Waals surface area contributed by atoms with E-state index < -0.39 is 5.97 Å². The van der Waals surface area contributed by atoms with Gasteiger partial charge in [-0.1, -0.05) is 31.0 Å². The standard InChI is InChI=1S/C17H20N2O2/c1-12-10-13-6-2-5-9-15(13)18-17(12)19(11-16(20)21)14-7-3-4-8-14/h2,5-6,9-10,14H,3-4,7-8,11H2,1H3,(H,20,21). The van der Waals surface area contributed by atoms with Gasteiger partial charge >= 0.3 is 5.97 Å². The molecule has 1 aromatic carbocycles. The monoisotopic (exact) mass is 284 g/mol. The van der Waals surface area contributed by atoms with Crippen LogP contribution in [0.2, 0.25) is 0 Å². The lowest BCUT2D eigenvalue weighted by molar-refractivity contribution is -0.135. The molecular formula is C17H20N2O2. The van der Waals surface area contributed by atoms with E-state index in [2.05, 4.69) is 6.07 Å². The van der Waals surface area contributed by atoms with Crippen LogP contribution >= 0.6 is 0 Å². The van der Waals surface area contributed by atoms with E-state index in [-0.39, 0.29) is 6.54 Å². The highest BCUT2D eigenvalue weighted by Gasteiger charge is 2.26. The maximum absolute atomic E-state index is 11.2. The zero-order chi connectivity index (χ0) is 14.8. The fourth-order valence-corrected chi connectivity index (χ4v) is 3.24. The summed E-state index contributed by atoms with van der Waals surface area (Å²) in [5.41, 5.74) is 1.97. The average molecular weight is 284 g/mol. The van der Waals surface area contributed by atoms with Crippen LogP contribution in [0.5, 0.6) is 0 Å². The first-order valence-electron chi connectivity index (χ1n) is 7.50. The number of fused-ring (bicyclic) bond motifs is 1. The van der Waals surface area contributed by atoms with E-state index in [4.69, 9.17) is 4.98 Å². The highest BCUT2D eigenvalue weighted by atomic mass is 16.4. The molecule has 1 fully saturated rings. The van der Waals surface area contributed by atoms with Crippen LogP contribution in [0.4, 0.5) is 5.82 Å². The smallest absolute Gasteiger partial charge is 0.323 e. The molecule has 0 amide bonds. The van der Waals surface area contributed by atoms with Crippen molar-refractivity contribution in [2.75, 3.05) is 11.4 Å². The van der Waals surface area contributed by atoms with Crippen molar-refractivity contribution in [3.63, 3.8) is 0 Å². The van der Waals surface area contributed by atoms with E-state index >= 15 is 0 Å². The van der Waals surface area contributed by atoms with Crippen molar-refractivity contribution in [1.82, 2.24) is 4.98 Å². The predicted octanol–water partition coefficient (Wildman–Crippen LogP) is 3.38. The summed E-state index contributed by atoms with van der Waals surface area (Å²) in [5.74, 6) is 0.0271. The van der Waals surface area contributed by atoms with Crippen molar-refractivity contribution in [3.05, 3.63) is 35.9 Å². The number of carbonyl (C=O) groups is 1. The Kier molecular flexibility index (Phi) is 3.78. The molecule has 1 heterocycles. The summed E-state index contributed by atoms with van der Waals surface area (Å²) >= 11 is 0. The van der Waals surface area contributed by atoms with Crippen molar-refractivity contribution in [2.45, 2.75) is 38.6 Å². The summed E-state index contributed by atoms with van der Waals surface area (Å²) in [6.45, 7) is 2.04. The topological polar surface area (TPSA) is 53.4 Å². The minimum absolute atomic E-state index is 0.0246. The molecule has 0 saturated heterocycles. The number of rotatable bonds is 4. The summed E-state index contributed by atoms with van der Waals surface area (Å²) in [6.07, 6.45) is 4.46. The van der Waals surface area contributed by atoms with E-state index in [0.29, 0.717) is 6.04 Å². The quantitative estimate of drug-likeness (QED) is 0.935. The molecule has 4 heteroatoms. The number of pyridine rings is 1. The van der Waals surface area contributed by atoms with E-state index in [1.807, 2.05) is 36.1 Å². The van der Waals surface area contributed by atoms with E-state index in [1.165, 1.54) is 12.8 Å². The van der Waals surface area contributed by atoms with Gasteiger partial charge in [-0.25, -0.2) is 4.98 Å². The van der Waals surface area contributed by atoms with Crippen molar-refractivity contribution in [1.29, 1.82) is 0 Å². The molecule has 0 atom stereocenters. The van der Waals surface area contributed by atoms with Gasteiger partial charge < -0.3 is 10.0 Å². The Morgan fingerprint density at radius 1 is 1.33 bits per heavy atom. The first-order chi connectivity index (χ1) is 10.1. The van der Waals surface area contributed by atoms with E-state index in [1.54, 1.807) is 0 Å². The second-order valence-corrected chi connectivity index (χ2v) is 5.78. The Morgan fingerprint density at radius 3 is 2.76 bits per heavy atom. The fourth-order valence-electron chi connectivity index (χ4n) is 3.24. The minimum Gasteiger partial charge on any atom is -0.480 e. The van der Waals surface area contributed by atoms with Gasteiger partial charge in [0.2, 0.25) is 0 Å². The van der Waals surface area contributed by atoms with Crippen molar-refractivity contribution in [3.8, 4) is 0 Å². The molecule has 1 N–H and O–H groups in total. The van der Waals surface area contributed by atoms with E-state index in [0.717, 1.165) is 35.1 Å². The van der Waals surface area contributed by atoms with Crippen LogP contribution in [-0.4, -0.2) is 28.6 Å². The number of nitrogens with zero attached hydrogens (tertiary/aromatic N) is 2. The molecule has 0 aliphatic heterocycles. The van der Waals surface area contributed by atoms with Gasteiger partial charge in [0.25, 0.3) is 0 Å². The summed E-state index contributed by atoms with van der Waals surface area (Å²) in [4.78, 5) is 18.0. The molecule has 3 rings (SSSR count). The second kappa shape index (κ2) is 5.72. The number of carboxylic acids is 1. The Bertz CT molecular complexity index is 663. The van der Waals surface area contributed by atoms with Crippen LogP contribution < -0.4 is 4.90 Å². The SMILES string of the molecule is Cc1cc2ccccc2nc1N(CC(=O)O)C1CCCC1. The minimum atomic E-state index is -0.795. The van der Waals surface area contributed by atoms with Crippen molar-refractivity contribution >= 4 is 22.7 Å². The number of aliphatic carboxylic acids is 1. The molecule has 1 aliphatic carbocycles. The van der Waals surface area contributed by atoms with Gasteiger partial charge in [0.15, 0.2) is 0 Å². The lowest BCUT2D eigenvalue weighted by Crippen LogP contribution is -2.38.